The lowest BCUT2D eigenvalue weighted by atomic mass is 10.0. The molecule has 17 heavy (non-hydrogen) atoms. The fraction of sp³-hybridized carbons (Fsp3) is 0.400. The van der Waals surface area contributed by atoms with Gasteiger partial charge in [-0.15, -0.1) is 0 Å². The number of aromatic nitrogens is 1. The third-order valence-corrected chi connectivity index (χ3v) is 2.24. The summed E-state index contributed by atoms with van der Waals surface area (Å²) >= 11 is 0. The first-order valence-electron chi connectivity index (χ1n) is 5.08. The monoisotopic (exact) mass is 238 g/mol. The molecule has 1 heterocycles. The quantitative estimate of drug-likeness (QED) is 0.585. The average molecular weight is 238 g/mol. The topological polar surface area (TPSA) is 111 Å². The van der Waals surface area contributed by atoms with Gasteiger partial charge in [0, 0.05) is 6.07 Å². The Kier molecular flexibility index (Phi) is 3.97. The Labute approximate surface area is 98.2 Å². The van der Waals surface area contributed by atoms with Crippen molar-refractivity contribution in [2.75, 3.05) is 5.32 Å². The normalized spacial score (nSPS) is 12.2. The molecular weight excluding hydrogens is 224 g/mol. The lowest BCUT2D eigenvalue weighted by molar-refractivity contribution is -0.385. The van der Waals surface area contributed by atoms with Gasteiger partial charge in [0.25, 0.3) is 5.69 Å². The van der Waals surface area contributed by atoms with Gasteiger partial charge in [-0.1, -0.05) is 13.8 Å². The van der Waals surface area contributed by atoms with E-state index in [1.165, 1.54) is 12.1 Å². The van der Waals surface area contributed by atoms with Gasteiger partial charge in [0.2, 0.25) is 5.91 Å². The first kappa shape index (κ1) is 12.9. The van der Waals surface area contributed by atoms with Crippen molar-refractivity contribution >= 4 is 17.4 Å². The van der Waals surface area contributed by atoms with Gasteiger partial charge < -0.3 is 11.1 Å². The third kappa shape index (κ3) is 3.40. The van der Waals surface area contributed by atoms with Crippen molar-refractivity contribution in [2.24, 2.45) is 11.7 Å². The van der Waals surface area contributed by atoms with Crippen molar-refractivity contribution < 1.29 is 9.72 Å². The lowest BCUT2D eigenvalue weighted by Gasteiger charge is -2.19. The number of hydrogen-bond acceptors (Lipinski definition) is 5. The fourth-order valence-corrected chi connectivity index (χ4v) is 1.31. The van der Waals surface area contributed by atoms with E-state index in [-0.39, 0.29) is 11.6 Å². The second-order valence-electron chi connectivity index (χ2n) is 3.93. The molecule has 1 rings (SSSR count). The minimum absolute atomic E-state index is 0.00416. The summed E-state index contributed by atoms with van der Waals surface area (Å²) in [6.45, 7) is 3.68. The largest absolute Gasteiger partial charge is 0.368 e. The predicted molar refractivity (Wildman–Crippen MR) is 62.3 cm³/mol. The summed E-state index contributed by atoms with van der Waals surface area (Å²) in [6, 6.07) is 2.20. The van der Waals surface area contributed by atoms with E-state index in [4.69, 9.17) is 5.73 Å². The van der Waals surface area contributed by atoms with Crippen LogP contribution in [0, 0.1) is 16.0 Å². The molecule has 1 aromatic rings. The number of amides is 1. The maximum absolute atomic E-state index is 11.1. The highest BCUT2D eigenvalue weighted by molar-refractivity contribution is 5.82. The smallest absolute Gasteiger partial charge is 0.287 e. The van der Waals surface area contributed by atoms with Crippen LogP contribution in [-0.2, 0) is 4.79 Å². The lowest BCUT2D eigenvalue weighted by Crippen LogP contribution is -2.39. The van der Waals surface area contributed by atoms with Crippen LogP contribution >= 0.6 is 0 Å². The van der Waals surface area contributed by atoms with Crippen molar-refractivity contribution in [1.82, 2.24) is 4.98 Å². The number of nitrogens with two attached hydrogens (primary N) is 1. The molecular formula is C10H14N4O3. The summed E-state index contributed by atoms with van der Waals surface area (Å²) in [6.07, 6.45) is 1.13. The molecule has 0 unspecified atom stereocenters. The molecule has 0 aliphatic rings. The molecule has 0 aliphatic heterocycles. The van der Waals surface area contributed by atoms with E-state index in [1.807, 2.05) is 13.8 Å². The third-order valence-electron chi connectivity index (χ3n) is 2.24. The number of carbonyl (C=O) groups is 1. The van der Waals surface area contributed by atoms with Gasteiger partial charge in [0.1, 0.15) is 18.1 Å². The van der Waals surface area contributed by atoms with Crippen LogP contribution in [0.2, 0.25) is 0 Å². The molecule has 0 bridgehead atoms. The van der Waals surface area contributed by atoms with Crippen LogP contribution in [0.3, 0.4) is 0 Å². The predicted octanol–water partition coefficient (Wildman–Crippen LogP) is 0.912. The minimum atomic E-state index is -0.552. The number of nitrogens with one attached hydrogen (secondary N) is 1. The highest BCUT2D eigenvalue weighted by Crippen LogP contribution is 2.14. The Balaban J connectivity index is 2.80. The van der Waals surface area contributed by atoms with Gasteiger partial charge in [-0.3, -0.25) is 14.9 Å². The van der Waals surface area contributed by atoms with Crippen LogP contribution < -0.4 is 11.1 Å². The second-order valence-corrected chi connectivity index (χ2v) is 3.93. The molecule has 7 heteroatoms. The maximum Gasteiger partial charge on any atom is 0.287 e. The summed E-state index contributed by atoms with van der Waals surface area (Å²) in [4.78, 5) is 24.9. The number of rotatable bonds is 5. The SMILES string of the molecule is CC(C)[C@H](Nc1ccc([N+](=O)[O-])cn1)C(N)=O. The number of hydrogen-bond donors (Lipinski definition) is 2. The molecule has 3 N–H and O–H groups in total. The van der Waals surface area contributed by atoms with E-state index in [2.05, 4.69) is 10.3 Å². The zero-order valence-electron chi connectivity index (χ0n) is 9.58. The highest BCUT2D eigenvalue weighted by Gasteiger charge is 2.19. The summed E-state index contributed by atoms with van der Waals surface area (Å²) < 4.78 is 0. The van der Waals surface area contributed by atoms with Gasteiger partial charge in [0.05, 0.1) is 4.92 Å². The van der Waals surface area contributed by atoms with Crippen molar-refractivity contribution in [3.8, 4) is 0 Å². The molecule has 7 nitrogen and oxygen atoms in total. The zero-order chi connectivity index (χ0) is 13.0. The van der Waals surface area contributed by atoms with Crippen LogP contribution in [0.25, 0.3) is 0 Å². The molecule has 92 valence electrons. The van der Waals surface area contributed by atoms with E-state index in [1.54, 1.807) is 0 Å². The van der Waals surface area contributed by atoms with Crippen LogP contribution in [0.1, 0.15) is 13.8 Å². The number of primary amides is 1. The Morgan fingerprint density at radius 3 is 2.53 bits per heavy atom. The Hall–Kier alpha value is -2.18. The summed E-state index contributed by atoms with van der Waals surface area (Å²) in [5.41, 5.74) is 5.12. The van der Waals surface area contributed by atoms with Crippen LogP contribution in [0.15, 0.2) is 18.3 Å². The standard InChI is InChI=1S/C10H14N4O3/c1-6(2)9(10(11)15)13-8-4-3-7(5-12-8)14(16)17/h3-6,9H,1-2H3,(H2,11,15)(H,12,13)/t9-/m0/s1. The number of pyridine rings is 1. The van der Waals surface area contributed by atoms with E-state index >= 15 is 0 Å². The molecule has 0 spiro atoms. The van der Waals surface area contributed by atoms with Gasteiger partial charge >= 0.3 is 0 Å². The van der Waals surface area contributed by atoms with Gasteiger partial charge in [-0.05, 0) is 12.0 Å². The molecule has 1 atom stereocenters. The second kappa shape index (κ2) is 5.24. The Morgan fingerprint density at radius 1 is 1.53 bits per heavy atom. The number of carbonyl (C=O) groups excluding carboxylic acids is 1. The fourth-order valence-electron chi connectivity index (χ4n) is 1.31. The molecule has 0 aromatic carbocycles. The van der Waals surface area contributed by atoms with E-state index < -0.39 is 16.9 Å². The van der Waals surface area contributed by atoms with Crippen LogP contribution in [0.5, 0.6) is 0 Å². The number of anilines is 1. The first-order chi connectivity index (χ1) is 7.91. The van der Waals surface area contributed by atoms with Gasteiger partial charge in [0.15, 0.2) is 0 Å². The van der Waals surface area contributed by atoms with Gasteiger partial charge in [-0.25, -0.2) is 4.98 Å². The summed E-state index contributed by atoms with van der Waals surface area (Å²) in [7, 11) is 0. The molecule has 0 radical (unpaired) electrons. The van der Waals surface area contributed by atoms with Crippen molar-refractivity contribution in [3.05, 3.63) is 28.4 Å². The summed E-state index contributed by atoms with van der Waals surface area (Å²) in [5, 5.41) is 13.3. The molecule has 0 fully saturated rings. The first-order valence-corrected chi connectivity index (χ1v) is 5.08. The highest BCUT2D eigenvalue weighted by atomic mass is 16.6. The average Bonchev–Trinajstić information content (AvgIpc) is 2.25. The van der Waals surface area contributed by atoms with Crippen LogP contribution in [0.4, 0.5) is 11.5 Å². The molecule has 0 saturated heterocycles. The molecule has 0 saturated carbocycles. The van der Waals surface area contributed by atoms with Crippen molar-refractivity contribution in [3.63, 3.8) is 0 Å². The molecule has 0 aliphatic carbocycles. The van der Waals surface area contributed by atoms with E-state index in [0.717, 1.165) is 6.20 Å². The maximum atomic E-state index is 11.1. The molecule has 1 amide bonds. The van der Waals surface area contributed by atoms with E-state index in [0.29, 0.717) is 5.82 Å². The Morgan fingerprint density at radius 2 is 2.18 bits per heavy atom. The van der Waals surface area contributed by atoms with Crippen molar-refractivity contribution in [2.45, 2.75) is 19.9 Å². The Bertz CT molecular complexity index is 416. The van der Waals surface area contributed by atoms with Crippen LogP contribution in [-0.4, -0.2) is 21.9 Å². The minimum Gasteiger partial charge on any atom is -0.368 e. The molecule has 1 aromatic heterocycles. The van der Waals surface area contributed by atoms with E-state index in [9.17, 15) is 14.9 Å². The summed E-state index contributed by atoms with van der Waals surface area (Å²) in [5.74, 6) is -0.0993. The zero-order valence-corrected chi connectivity index (χ0v) is 9.58. The van der Waals surface area contributed by atoms with Crippen molar-refractivity contribution in [1.29, 1.82) is 0 Å². The number of nitro groups is 1. The number of nitrogens with zero attached hydrogens (tertiary/aromatic N) is 2. The van der Waals surface area contributed by atoms with Gasteiger partial charge in [-0.2, -0.15) is 0 Å².